The Labute approximate surface area is 81.4 Å². The summed E-state index contributed by atoms with van der Waals surface area (Å²) in [5.74, 6) is 11.9. The van der Waals surface area contributed by atoms with Crippen molar-refractivity contribution in [2.45, 2.75) is 6.10 Å². The normalized spacial score (nSPS) is 9.85. The van der Waals surface area contributed by atoms with Crippen LogP contribution >= 0.6 is 11.3 Å². The third-order valence-corrected chi connectivity index (χ3v) is 2.14. The first-order valence-corrected chi connectivity index (χ1v) is 4.40. The van der Waals surface area contributed by atoms with E-state index in [1.54, 1.807) is 0 Å². The Hall–Kier alpha value is -1.66. The minimum Gasteiger partial charge on any atom is -0.375 e. The summed E-state index contributed by atoms with van der Waals surface area (Å²) >= 11 is 1.45. The van der Waals surface area contributed by atoms with Crippen molar-refractivity contribution in [3.63, 3.8) is 0 Å². The lowest BCUT2D eigenvalue weighted by Gasteiger charge is -1.95. The van der Waals surface area contributed by atoms with Gasteiger partial charge in [-0.3, -0.25) is 0 Å². The fraction of sp³-hybridized carbons (Fsp3) is 0.0909. The van der Waals surface area contributed by atoms with Gasteiger partial charge in [0.15, 0.2) is 0 Å². The molecule has 13 heavy (non-hydrogen) atoms. The van der Waals surface area contributed by atoms with E-state index >= 15 is 0 Å². The second-order valence-electron chi connectivity index (χ2n) is 2.08. The molecule has 1 rings (SSSR count). The first-order valence-electron chi connectivity index (χ1n) is 3.52. The highest BCUT2D eigenvalue weighted by molar-refractivity contribution is 7.10. The van der Waals surface area contributed by atoms with Crippen molar-refractivity contribution < 1.29 is 5.11 Å². The van der Waals surface area contributed by atoms with Crippen LogP contribution in [0.2, 0.25) is 0 Å². The van der Waals surface area contributed by atoms with Gasteiger partial charge < -0.3 is 5.11 Å². The molecule has 0 fully saturated rings. The van der Waals surface area contributed by atoms with Crippen molar-refractivity contribution in [3.05, 3.63) is 22.4 Å². The maximum atomic E-state index is 9.43. The average Bonchev–Trinajstić information content (AvgIpc) is 2.65. The maximum Gasteiger partial charge on any atom is 0.150 e. The molecule has 1 aromatic heterocycles. The second kappa shape index (κ2) is 5.07. The molecule has 0 radical (unpaired) electrons. The highest BCUT2D eigenvalue weighted by Gasteiger charge is 2.02. The van der Waals surface area contributed by atoms with Crippen molar-refractivity contribution in [1.29, 1.82) is 0 Å². The molecule has 0 saturated carbocycles. The summed E-state index contributed by atoms with van der Waals surface area (Å²) in [4.78, 5) is 0.815. The molecular formula is C11H6OS. The summed E-state index contributed by atoms with van der Waals surface area (Å²) in [5.41, 5.74) is 0. The van der Waals surface area contributed by atoms with Crippen molar-refractivity contribution in [3.8, 4) is 36.0 Å². The first-order chi connectivity index (χ1) is 6.34. The molecule has 2 heteroatoms. The van der Waals surface area contributed by atoms with Gasteiger partial charge in [-0.2, -0.15) is 0 Å². The second-order valence-corrected chi connectivity index (χ2v) is 3.06. The molecule has 0 spiro atoms. The van der Waals surface area contributed by atoms with Crippen LogP contribution in [0.25, 0.3) is 0 Å². The standard InChI is InChI=1S/C11H6OS/c1-2-3-4-5-7-10(12)11-8-6-9-13-11/h1,6,8-10,12H. The van der Waals surface area contributed by atoms with Crippen molar-refractivity contribution in [2.24, 2.45) is 0 Å². The monoisotopic (exact) mass is 186 g/mol. The molecule has 0 aliphatic heterocycles. The lowest BCUT2D eigenvalue weighted by Crippen LogP contribution is -1.87. The molecular weight excluding hydrogens is 180 g/mol. The Kier molecular flexibility index (Phi) is 3.68. The van der Waals surface area contributed by atoms with Crippen LogP contribution in [-0.4, -0.2) is 5.11 Å². The van der Waals surface area contributed by atoms with E-state index in [1.807, 2.05) is 17.5 Å². The SMILES string of the molecule is C#CC#CC#CC(O)c1cccs1. The number of terminal acetylenes is 1. The maximum absolute atomic E-state index is 9.43. The third kappa shape index (κ3) is 3.06. The number of aliphatic hydroxyl groups is 1. The molecule has 1 unspecified atom stereocenters. The highest BCUT2D eigenvalue weighted by Crippen LogP contribution is 2.17. The molecule has 0 aliphatic carbocycles. The van der Waals surface area contributed by atoms with Crippen LogP contribution in [0.3, 0.4) is 0 Å². The van der Waals surface area contributed by atoms with Gasteiger partial charge in [-0.05, 0) is 35.1 Å². The Balaban J connectivity index is 2.65. The van der Waals surface area contributed by atoms with Gasteiger partial charge in [0, 0.05) is 4.88 Å². The third-order valence-electron chi connectivity index (χ3n) is 1.22. The van der Waals surface area contributed by atoms with E-state index in [0.717, 1.165) is 4.88 Å². The fourth-order valence-corrected chi connectivity index (χ4v) is 1.35. The Bertz CT molecular complexity index is 415. The van der Waals surface area contributed by atoms with Crippen LogP contribution in [0.4, 0.5) is 0 Å². The lowest BCUT2D eigenvalue weighted by molar-refractivity contribution is 0.242. The van der Waals surface area contributed by atoms with Crippen LogP contribution in [0.1, 0.15) is 11.0 Å². The molecule has 0 bridgehead atoms. The number of aliphatic hydroxyl groups excluding tert-OH is 1. The summed E-state index contributed by atoms with van der Waals surface area (Å²) in [6.45, 7) is 0. The zero-order valence-electron chi connectivity index (χ0n) is 6.74. The summed E-state index contributed by atoms with van der Waals surface area (Å²) in [7, 11) is 0. The molecule has 1 aromatic rings. The quantitative estimate of drug-likeness (QED) is 0.658. The van der Waals surface area contributed by atoms with E-state index in [1.165, 1.54) is 11.3 Å². The fourth-order valence-electron chi connectivity index (χ4n) is 0.690. The Morgan fingerprint density at radius 2 is 2.23 bits per heavy atom. The summed E-state index contributed by atoms with van der Waals surface area (Å²) in [6, 6.07) is 3.68. The van der Waals surface area contributed by atoms with Crippen LogP contribution < -0.4 is 0 Å². The Morgan fingerprint density at radius 3 is 2.85 bits per heavy atom. The molecule has 1 N–H and O–H groups in total. The predicted molar refractivity (Wildman–Crippen MR) is 53.7 cm³/mol. The first kappa shape index (κ1) is 9.43. The summed E-state index contributed by atoms with van der Waals surface area (Å²) in [5, 5.41) is 11.3. The van der Waals surface area contributed by atoms with Crippen LogP contribution in [-0.2, 0) is 0 Å². The Morgan fingerprint density at radius 1 is 1.38 bits per heavy atom. The van der Waals surface area contributed by atoms with Gasteiger partial charge in [-0.1, -0.05) is 12.0 Å². The number of thiophene rings is 1. The molecule has 0 aromatic carbocycles. The van der Waals surface area contributed by atoms with Crippen LogP contribution in [0.5, 0.6) is 0 Å². The average molecular weight is 186 g/mol. The van der Waals surface area contributed by atoms with Gasteiger partial charge >= 0.3 is 0 Å². The summed E-state index contributed by atoms with van der Waals surface area (Å²) in [6.07, 6.45) is 4.13. The minimum absolute atomic E-state index is 0.757. The molecule has 0 saturated heterocycles. The topological polar surface area (TPSA) is 20.2 Å². The van der Waals surface area contributed by atoms with Gasteiger partial charge in [0.2, 0.25) is 0 Å². The van der Waals surface area contributed by atoms with E-state index in [4.69, 9.17) is 6.42 Å². The molecule has 0 aliphatic rings. The predicted octanol–water partition coefficient (Wildman–Crippen LogP) is 1.42. The smallest absolute Gasteiger partial charge is 0.150 e. The van der Waals surface area contributed by atoms with Crippen LogP contribution in [0, 0.1) is 36.0 Å². The van der Waals surface area contributed by atoms with Gasteiger partial charge in [-0.25, -0.2) is 0 Å². The molecule has 1 atom stereocenters. The molecule has 1 nitrogen and oxygen atoms in total. The number of hydrogen-bond acceptors (Lipinski definition) is 2. The van der Waals surface area contributed by atoms with Crippen molar-refractivity contribution in [1.82, 2.24) is 0 Å². The van der Waals surface area contributed by atoms with E-state index in [-0.39, 0.29) is 0 Å². The minimum atomic E-state index is -0.757. The van der Waals surface area contributed by atoms with Crippen molar-refractivity contribution >= 4 is 11.3 Å². The number of hydrogen-bond donors (Lipinski definition) is 1. The van der Waals surface area contributed by atoms with Crippen LogP contribution in [0.15, 0.2) is 17.5 Å². The van der Waals surface area contributed by atoms with E-state index in [0.29, 0.717) is 0 Å². The summed E-state index contributed by atoms with van der Waals surface area (Å²) < 4.78 is 0. The van der Waals surface area contributed by atoms with Gasteiger partial charge in [-0.15, -0.1) is 17.8 Å². The zero-order chi connectivity index (χ0) is 9.52. The zero-order valence-corrected chi connectivity index (χ0v) is 7.56. The lowest BCUT2D eigenvalue weighted by atomic mass is 10.3. The van der Waals surface area contributed by atoms with Gasteiger partial charge in [0.25, 0.3) is 0 Å². The number of rotatable bonds is 1. The van der Waals surface area contributed by atoms with Gasteiger partial charge in [0.1, 0.15) is 6.10 Å². The molecule has 0 amide bonds. The molecule has 1 heterocycles. The van der Waals surface area contributed by atoms with E-state index < -0.39 is 6.10 Å². The highest BCUT2D eigenvalue weighted by atomic mass is 32.1. The largest absolute Gasteiger partial charge is 0.375 e. The van der Waals surface area contributed by atoms with Crippen molar-refractivity contribution in [2.75, 3.05) is 0 Å². The van der Waals surface area contributed by atoms with Gasteiger partial charge in [0.05, 0.1) is 0 Å². The van der Waals surface area contributed by atoms with E-state index in [9.17, 15) is 5.11 Å². The van der Waals surface area contributed by atoms with E-state index in [2.05, 4.69) is 29.6 Å². The molecule has 62 valence electrons.